The number of nitrogens with one attached hydrogen (secondary N) is 1. The Balaban J connectivity index is 2.32. The average Bonchev–Trinajstić information content (AvgIpc) is 2.51. The third-order valence-electron chi connectivity index (χ3n) is 4.74. The summed E-state index contributed by atoms with van der Waals surface area (Å²) in [5, 5.41) is 0. The first-order valence-corrected chi connectivity index (χ1v) is 10.0. The van der Waals surface area contributed by atoms with E-state index in [-0.39, 0.29) is 10.9 Å². The molecule has 1 saturated carbocycles. The van der Waals surface area contributed by atoms with E-state index in [9.17, 15) is 8.42 Å². The average molecular weight is 406 g/mol. The van der Waals surface area contributed by atoms with Gasteiger partial charge in [0.2, 0.25) is 10.0 Å². The van der Waals surface area contributed by atoms with Gasteiger partial charge in [-0.2, -0.15) is 0 Å². The highest BCUT2D eigenvalue weighted by molar-refractivity contribution is 9.10. The van der Waals surface area contributed by atoms with Crippen molar-refractivity contribution in [3.8, 4) is 11.5 Å². The first kappa shape index (κ1) is 18.5. The van der Waals surface area contributed by atoms with Gasteiger partial charge in [-0.1, -0.05) is 26.7 Å². The van der Waals surface area contributed by atoms with Gasteiger partial charge in [0.1, 0.15) is 4.90 Å². The zero-order valence-electron chi connectivity index (χ0n) is 13.9. The first-order chi connectivity index (χ1) is 10.8. The highest BCUT2D eigenvalue weighted by Crippen LogP contribution is 2.36. The normalized spacial score (nSPS) is 25.2. The summed E-state index contributed by atoms with van der Waals surface area (Å²) in [7, 11) is -0.635. The number of ether oxygens (including phenoxy) is 2. The Morgan fingerprint density at radius 3 is 2.35 bits per heavy atom. The molecule has 1 aromatic carbocycles. The first-order valence-electron chi connectivity index (χ1n) is 7.74. The van der Waals surface area contributed by atoms with Crippen LogP contribution in [0.1, 0.15) is 33.1 Å². The summed E-state index contributed by atoms with van der Waals surface area (Å²) in [6.45, 7) is 4.29. The van der Waals surface area contributed by atoms with Crippen LogP contribution >= 0.6 is 15.9 Å². The molecule has 0 amide bonds. The molecule has 130 valence electrons. The molecule has 7 heteroatoms. The van der Waals surface area contributed by atoms with Crippen LogP contribution in [0.25, 0.3) is 0 Å². The topological polar surface area (TPSA) is 64.6 Å². The second-order valence-electron chi connectivity index (χ2n) is 6.13. The van der Waals surface area contributed by atoms with Crippen molar-refractivity contribution in [1.82, 2.24) is 4.72 Å². The molecule has 1 aliphatic carbocycles. The summed E-state index contributed by atoms with van der Waals surface area (Å²) < 4.78 is 39.3. The van der Waals surface area contributed by atoms with Crippen molar-refractivity contribution in [2.24, 2.45) is 11.8 Å². The molecule has 2 rings (SSSR count). The molecule has 5 nitrogen and oxygen atoms in total. The van der Waals surface area contributed by atoms with E-state index in [4.69, 9.17) is 9.47 Å². The van der Waals surface area contributed by atoms with Crippen LogP contribution in [-0.4, -0.2) is 28.7 Å². The zero-order valence-corrected chi connectivity index (χ0v) is 16.3. The molecule has 1 fully saturated rings. The molecule has 0 radical (unpaired) electrons. The van der Waals surface area contributed by atoms with Crippen LogP contribution in [0.3, 0.4) is 0 Å². The molecule has 3 atom stereocenters. The van der Waals surface area contributed by atoms with Gasteiger partial charge in [0, 0.05) is 16.6 Å². The monoisotopic (exact) mass is 405 g/mol. The van der Waals surface area contributed by atoms with Gasteiger partial charge in [0.15, 0.2) is 11.5 Å². The molecule has 1 aromatic rings. The SMILES string of the molecule is COc1cc(Br)c(S(=O)(=O)NC2CCCC(C)C2C)cc1OC. The standard InChI is InChI=1S/C16H24BrNO4S/c1-10-6-5-7-13(11(10)2)18-23(19,20)16-9-15(22-4)14(21-3)8-12(16)17/h8-11,13,18H,5-7H2,1-4H3. The lowest BCUT2D eigenvalue weighted by Gasteiger charge is -2.34. The summed E-state index contributed by atoms with van der Waals surface area (Å²) in [6.07, 6.45) is 3.07. The second-order valence-corrected chi connectivity index (χ2v) is 8.67. The van der Waals surface area contributed by atoms with Gasteiger partial charge >= 0.3 is 0 Å². The Morgan fingerprint density at radius 1 is 1.13 bits per heavy atom. The third-order valence-corrected chi connectivity index (χ3v) is 7.19. The number of methoxy groups -OCH3 is 2. The van der Waals surface area contributed by atoms with Gasteiger partial charge in [0.05, 0.1) is 14.2 Å². The fourth-order valence-corrected chi connectivity index (χ4v) is 5.45. The highest BCUT2D eigenvalue weighted by Gasteiger charge is 2.32. The quantitative estimate of drug-likeness (QED) is 0.812. The van der Waals surface area contributed by atoms with Crippen molar-refractivity contribution in [2.75, 3.05) is 14.2 Å². The maximum absolute atomic E-state index is 12.8. The van der Waals surface area contributed by atoms with E-state index < -0.39 is 10.0 Å². The van der Waals surface area contributed by atoms with Crippen LogP contribution in [0.15, 0.2) is 21.5 Å². The predicted octanol–water partition coefficient (Wildman–Crippen LogP) is 3.57. The molecule has 0 aliphatic heterocycles. The zero-order chi connectivity index (χ0) is 17.2. The molecule has 0 heterocycles. The van der Waals surface area contributed by atoms with E-state index in [0.29, 0.717) is 27.8 Å². The Hall–Kier alpha value is -0.790. The Bertz CT molecular complexity index is 662. The summed E-state index contributed by atoms with van der Waals surface area (Å²) in [5.41, 5.74) is 0. The van der Waals surface area contributed by atoms with Gasteiger partial charge < -0.3 is 9.47 Å². The van der Waals surface area contributed by atoms with Gasteiger partial charge in [-0.3, -0.25) is 0 Å². The number of benzene rings is 1. The fraction of sp³-hybridized carbons (Fsp3) is 0.625. The predicted molar refractivity (Wildman–Crippen MR) is 93.5 cm³/mol. The molecule has 0 bridgehead atoms. The van der Waals surface area contributed by atoms with Crippen molar-refractivity contribution in [1.29, 1.82) is 0 Å². The van der Waals surface area contributed by atoms with E-state index in [1.165, 1.54) is 20.3 Å². The summed E-state index contributed by atoms with van der Waals surface area (Å²) in [4.78, 5) is 0.167. The minimum absolute atomic E-state index is 0.0382. The summed E-state index contributed by atoms with van der Waals surface area (Å²) in [5.74, 6) is 1.71. The van der Waals surface area contributed by atoms with Crippen molar-refractivity contribution in [3.63, 3.8) is 0 Å². The van der Waals surface area contributed by atoms with Gasteiger partial charge in [-0.05, 0) is 40.3 Å². The molecular formula is C16H24BrNO4S. The molecular weight excluding hydrogens is 382 g/mol. The molecule has 3 unspecified atom stereocenters. The van der Waals surface area contributed by atoms with Gasteiger partial charge in [-0.25, -0.2) is 13.1 Å². The molecule has 1 N–H and O–H groups in total. The van der Waals surface area contributed by atoms with Crippen molar-refractivity contribution >= 4 is 26.0 Å². The summed E-state index contributed by atoms with van der Waals surface area (Å²) in [6, 6.07) is 3.06. The van der Waals surface area contributed by atoms with Crippen LogP contribution in [0.5, 0.6) is 11.5 Å². The molecule has 1 aliphatic rings. The fourth-order valence-electron chi connectivity index (χ4n) is 3.05. The number of rotatable bonds is 5. The van der Waals surface area contributed by atoms with E-state index in [1.54, 1.807) is 6.07 Å². The Labute approximate surface area is 146 Å². The Kier molecular flexibility index (Phi) is 5.97. The van der Waals surface area contributed by atoms with Crippen molar-refractivity contribution in [2.45, 2.75) is 44.0 Å². The van der Waals surface area contributed by atoms with Gasteiger partial charge in [-0.15, -0.1) is 0 Å². The number of hydrogen-bond donors (Lipinski definition) is 1. The number of sulfonamides is 1. The second kappa shape index (κ2) is 7.40. The highest BCUT2D eigenvalue weighted by atomic mass is 79.9. The largest absolute Gasteiger partial charge is 0.493 e. The van der Waals surface area contributed by atoms with Gasteiger partial charge in [0.25, 0.3) is 0 Å². The minimum Gasteiger partial charge on any atom is -0.493 e. The summed E-state index contributed by atoms with van der Waals surface area (Å²) >= 11 is 3.32. The lowest BCUT2D eigenvalue weighted by molar-refractivity contribution is 0.227. The van der Waals surface area contributed by atoms with Crippen LogP contribution in [0.4, 0.5) is 0 Å². The third kappa shape index (κ3) is 4.00. The van der Waals surface area contributed by atoms with Crippen LogP contribution < -0.4 is 14.2 Å². The van der Waals surface area contributed by atoms with Crippen LogP contribution in [-0.2, 0) is 10.0 Å². The number of halogens is 1. The molecule has 0 spiro atoms. The van der Waals surface area contributed by atoms with Crippen molar-refractivity contribution < 1.29 is 17.9 Å². The lowest BCUT2D eigenvalue weighted by Crippen LogP contribution is -2.43. The molecule has 0 aromatic heterocycles. The van der Waals surface area contributed by atoms with E-state index in [0.717, 1.165) is 19.3 Å². The van der Waals surface area contributed by atoms with Crippen molar-refractivity contribution in [3.05, 3.63) is 16.6 Å². The minimum atomic E-state index is -3.64. The maximum Gasteiger partial charge on any atom is 0.242 e. The Morgan fingerprint density at radius 2 is 1.74 bits per heavy atom. The van der Waals surface area contributed by atoms with Crippen LogP contribution in [0.2, 0.25) is 0 Å². The van der Waals surface area contributed by atoms with E-state index in [2.05, 4.69) is 34.5 Å². The van der Waals surface area contributed by atoms with E-state index >= 15 is 0 Å². The van der Waals surface area contributed by atoms with Crippen LogP contribution in [0, 0.1) is 11.8 Å². The lowest BCUT2D eigenvalue weighted by atomic mass is 9.78. The molecule has 0 saturated heterocycles. The maximum atomic E-state index is 12.8. The smallest absolute Gasteiger partial charge is 0.242 e. The number of hydrogen-bond acceptors (Lipinski definition) is 4. The molecule has 23 heavy (non-hydrogen) atoms. The van der Waals surface area contributed by atoms with E-state index in [1.807, 2.05) is 0 Å².